The van der Waals surface area contributed by atoms with Crippen molar-refractivity contribution in [3.63, 3.8) is 0 Å². The molecule has 0 aliphatic rings. The van der Waals surface area contributed by atoms with Crippen molar-refractivity contribution in [3.05, 3.63) is 147 Å². The number of rotatable bonds is 8. The van der Waals surface area contributed by atoms with Gasteiger partial charge in [-0.15, -0.1) is 0 Å². The molecule has 0 atom stereocenters. The third-order valence-corrected chi connectivity index (χ3v) is 6.90. The number of phenolic OH excluding ortho intramolecular Hbond substituents is 1. The number of aromatic hydroxyl groups is 1. The fourth-order valence-corrected chi connectivity index (χ4v) is 4.27. The lowest BCUT2D eigenvalue weighted by molar-refractivity contribution is 0.111. The van der Waals surface area contributed by atoms with Crippen LogP contribution in [0.25, 0.3) is 0 Å². The highest BCUT2D eigenvalue weighted by Gasteiger charge is 2.03. The van der Waals surface area contributed by atoms with Crippen molar-refractivity contribution in [1.82, 2.24) is 0 Å². The summed E-state index contributed by atoms with van der Waals surface area (Å²) in [4.78, 5) is 20.9. The van der Waals surface area contributed by atoms with E-state index < -0.39 is 0 Å². The molecule has 5 aromatic rings. The van der Waals surface area contributed by atoms with Gasteiger partial charge in [0.2, 0.25) is 0 Å². The molecule has 6 nitrogen and oxygen atoms in total. The molecule has 236 valence electrons. The highest BCUT2D eigenvalue weighted by Crippen LogP contribution is 2.28. The smallest absolute Gasteiger partial charge is 0.151 e. The van der Waals surface area contributed by atoms with Crippen molar-refractivity contribution in [1.29, 1.82) is 0 Å². The van der Waals surface area contributed by atoms with Crippen molar-refractivity contribution < 1.29 is 33.3 Å². The number of phenols is 1. The standard InChI is InChI=1S/C14H11BrO3.C13H12O2.C7H4BrFO.2CH4/c1-17-11-3-2-4-12(7-11)18-13-6-5-10(9-16)14(15)8-13;14-12-7-4-8-13(9-12)15-10-11-5-2-1-3-6-11;8-7-3-6(9)2-1-5(7)4-10;;/h2-9H,1H3;1-9,14H,10H2;1-4H;2*1H4. The van der Waals surface area contributed by atoms with Crippen molar-refractivity contribution in [2.24, 2.45) is 0 Å². The molecule has 1 N–H and O–H groups in total. The van der Waals surface area contributed by atoms with Gasteiger partial charge in [-0.05, 0) is 98.1 Å². The Kier molecular flexibility index (Phi) is 17.5. The lowest BCUT2D eigenvalue weighted by atomic mass is 10.2. The molecule has 0 heterocycles. The first-order valence-electron chi connectivity index (χ1n) is 12.7. The second-order valence-electron chi connectivity index (χ2n) is 8.64. The quantitative estimate of drug-likeness (QED) is 0.159. The number of carbonyl (C=O) groups excluding carboxylic acids is 2. The predicted octanol–water partition coefficient (Wildman–Crippen LogP) is 10.7. The first-order chi connectivity index (χ1) is 20.8. The van der Waals surface area contributed by atoms with Gasteiger partial charge in [0.05, 0.1) is 7.11 Å². The van der Waals surface area contributed by atoms with E-state index in [0.29, 0.717) is 50.2 Å². The van der Waals surface area contributed by atoms with Gasteiger partial charge < -0.3 is 19.3 Å². The first-order valence-corrected chi connectivity index (χ1v) is 14.3. The van der Waals surface area contributed by atoms with Gasteiger partial charge in [0.1, 0.15) is 41.2 Å². The van der Waals surface area contributed by atoms with Gasteiger partial charge in [0.25, 0.3) is 0 Å². The molecule has 0 saturated carbocycles. The van der Waals surface area contributed by atoms with Crippen LogP contribution in [0.15, 0.2) is 124 Å². The molecule has 0 fully saturated rings. The van der Waals surface area contributed by atoms with Gasteiger partial charge in [-0.1, -0.05) is 57.3 Å². The van der Waals surface area contributed by atoms with E-state index in [-0.39, 0.29) is 26.4 Å². The van der Waals surface area contributed by atoms with Crippen LogP contribution in [-0.2, 0) is 6.61 Å². The Morgan fingerprint density at radius 3 is 1.84 bits per heavy atom. The molecule has 5 rings (SSSR count). The third-order valence-electron chi connectivity index (χ3n) is 5.53. The summed E-state index contributed by atoms with van der Waals surface area (Å²) in [6.07, 6.45) is 1.46. The van der Waals surface area contributed by atoms with Gasteiger partial charge in [-0.2, -0.15) is 0 Å². The number of ether oxygens (including phenoxy) is 3. The Labute approximate surface area is 280 Å². The minimum atomic E-state index is -0.350. The largest absolute Gasteiger partial charge is 0.508 e. The summed E-state index contributed by atoms with van der Waals surface area (Å²) in [5, 5.41) is 9.23. The lowest BCUT2D eigenvalue weighted by Crippen LogP contribution is -1.94. The summed E-state index contributed by atoms with van der Waals surface area (Å²) in [5.41, 5.74) is 2.16. The number of benzene rings is 5. The van der Waals surface area contributed by atoms with Crippen LogP contribution >= 0.6 is 31.9 Å². The summed E-state index contributed by atoms with van der Waals surface area (Å²) in [7, 11) is 1.61. The van der Waals surface area contributed by atoms with Crippen LogP contribution in [0, 0.1) is 5.82 Å². The van der Waals surface area contributed by atoms with E-state index in [2.05, 4.69) is 31.9 Å². The summed E-state index contributed by atoms with van der Waals surface area (Å²) < 4.78 is 29.8. The van der Waals surface area contributed by atoms with E-state index in [1.807, 2.05) is 54.6 Å². The van der Waals surface area contributed by atoms with E-state index in [1.165, 1.54) is 18.2 Å². The fourth-order valence-electron chi connectivity index (χ4n) is 3.38. The van der Waals surface area contributed by atoms with Gasteiger partial charge >= 0.3 is 0 Å². The van der Waals surface area contributed by atoms with Crippen molar-refractivity contribution in [2.45, 2.75) is 21.5 Å². The minimum Gasteiger partial charge on any atom is -0.508 e. The normalized spacial score (nSPS) is 9.33. The molecule has 0 spiro atoms. The maximum Gasteiger partial charge on any atom is 0.151 e. The van der Waals surface area contributed by atoms with Crippen LogP contribution < -0.4 is 14.2 Å². The molecule has 45 heavy (non-hydrogen) atoms. The number of halogens is 3. The van der Waals surface area contributed by atoms with E-state index in [4.69, 9.17) is 14.2 Å². The van der Waals surface area contributed by atoms with Crippen molar-refractivity contribution >= 4 is 44.4 Å². The molecule has 0 aliphatic carbocycles. The predicted molar refractivity (Wildman–Crippen MR) is 184 cm³/mol. The average Bonchev–Trinajstić information content (AvgIpc) is 3.01. The number of methoxy groups -OCH3 is 1. The average molecular weight is 742 g/mol. The maximum atomic E-state index is 12.3. The van der Waals surface area contributed by atoms with Crippen molar-refractivity contribution in [3.8, 4) is 28.7 Å². The zero-order valence-electron chi connectivity index (χ0n) is 23.0. The number of aldehydes is 2. The summed E-state index contributed by atoms with van der Waals surface area (Å²) in [6, 6.07) is 33.2. The van der Waals surface area contributed by atoms with E-state index >= 15 is 0 Å². The number of carbonyl (C=O) groups is 2. The SMILES string of the molecule is C.C.COc1cccc(Oc2ccc(C=O)c(Br)c2)c1.O=Cc1ccc(F)cc1Br.Oc1cccc(OCc2ccccc2)c1. The van der Waals surface area contributed by atoms with Gasteiger partial charge in [-0.25, -0.2) is 4.39 Å². The summed E-state index contributed by atoms with van der Waals surface area (Å²) in [6.45, 7) is 0.518. The number of hydrogen-bond donors (Lipinski definition) is 1. The Morgan fingerprint density at radius 1 is 0.667 bits per heavy atom. The van der Waals surface area contributed by atoms with Crippen molar-refractivity contribution in [2.75, 3.05) is 7.11 Å². The highest BCUT2D eigenvalue weighted by molar-refractivity contribution is 9.10. The highest BCUT2D eigenvalue weighted by atomic mass is 79.9. The molecule has 0 amide bonds. The lowest BCUT2D eigenvalue weighted by Gasteiger charge is -2.08. The van der Waals surface area contributed by atoms with Gasteiger partial charge in [-0.3, -0.25) is 9.59 Å². The van der Waals surface area contributed by atoms with Crippen LogP contribution in [0.4, 0.5) is 4.39 Å². The molecule has 0 radical (unpaired) electrons. The summed E-state index contributed by atoms with van der Waals surface area (Å²) >= 11 is 6.35. The molecule has 0 aromatic heterocycles. The molecular weight excluding hydrogens is 707 g/mol. The Morgan fingerprint density at radius 2 is 1.24 bits per heavy atom. The summed E-state index contributed by atoms with van der Waals surface area (Å²) in [5.74, 6) is 2.62. The molecule has 0 aliphatic heterocycles. The molecule has 9 heteroatoms. The number of hydrogen-bond acceptors (Lipinski definition) is 6. The molecule has 0 saturated heterocycles. The molecule has 0 bridgehead atoms. The fraction of sp³-hybridized carbons (Fsp3) is 0.111. The Hall–Kier alpha value is -4.47. The minimum absolute atomic E-state index is 0. The van der Waals surface area contributed by atoms with E-state index in [1.54, 1.807) is 49.6 Å². The van der Waals surface area contributed by atoms with E-state index in [0.717, 1.165) is 17.6 Å². The van der Waals surface area contributed by atoms with Gasteiger partial charge in [0, 0.05) is 32.2 Å². The molecule has 0 unspecified atom stereocenters. The zero-order valence-corrected chi connectivity index (χ0v) is 26.1. The van der Waals surface area contributed by atoms with Crippen LogP contribution in [0.3, 0.4) is 0 Å². The van der Waals surface area contributed by atoms with Crippen LogP contribution in [0.5, 0.6) is 28.7 Å². The van der Waals surface area contributed by atoms with Crippen LogP contribution in [0.2, 0.25) is 0 Å². The Bertz CT molecular complexity index is 1630. The first kappa shape index (κ1) is 38.6. The monoisotopic (exact) mass is 740 g/mol. The zero-order chi connectivity index (χ0) is 31.0. The Balaban J connectivity index is 0.000000343. The van der Waals surface area contributed by atoms with Crippen LogP contribution in [0.1, 0.15) is 41.1 Å². The maximum absolute atomic E-state index is 12.3. The topological polar surface area (TPSA) is 82.1 Å². The second kappa shape index (κ2) is 20.5. The third kappa shape index (κ3) is 13.4. The van der Waals surface area contributed by atoms with Crippen LogP contribution in [-0.4, -0.2) is 24.8 Å². The molecule has 5 aromatic carbocycles. The molecular formula is C36H35Br2FO6. The van der Waals surface area contributed by atoms with Gasteiger partial charge in [0.15, 0.2) is 12.6 Å². The van der Waals surface area contributed by atoms with E-state index in [9.17, 15) is 19.1 Å². The second-order valence-corrected chi connectivity index (χ2v) is 10.3.